The molecular weight excluding hydrogens is 142 g/mol. The molecule has 0 saturated carbocycles. The van der Waals surface area contributed by atoms with Crippen LogP contribution >= 0.6 is 0 Å². The summed E-state index contributed by atoms with van der Waals surface area (Å²) >= 11 is 0. The Balaban J connectivity index is 2.39. The summed E-state index contributed by atoms with van der Waals surface area (Å²) in [5, 5.41) is 8.85. The minimum absolute atomic E-state index is 0.128. The van der Waals surface area contributed by atoms with E-state index in [1.54, 1.807) is 6.92 Å². The highest BCUT2D eigenvalue weighted by Gasteiger charge is 2.20. The second-order valence-electron chi connectivity index (χ2n) is 3.16. The number of carbonyl (C=O) groups is 1. The highest BCUT2D eigenvalue weighted by molar-refractivity contribution is 5.73. The van der Waals surface area contributed by atoms with Gasteiger partial charge in [-0.1, -0.05) is 0 Å². The normalized spacial score (nSPS) is 25.3. The number of hydrogen-bond donors (Lipinski definition) is 1. The largest absolute Gasteiger partial charge is 0.396 e. The van der Waals surface area contributed by atoms with Gasteiger partial charge < -0.3 is 10.0 Å². The zero-order chi connectivity index (χ0) is 8.27. The van der Waals surface area contributed by atoms with Gasteiger partial charge >= 0.3 is 0 Å². The lowest BCUT2D eigenvalue weighted by Crippen LogP contribution is -2.39. The molecule has 1 fully saturated rings. The monoisotopic (exact) mass is 157 g/mol. The van der Waals surface area contributed by atoms with E-state index < -0.39 is 0 Å². The second-order valence-corrected chi connectivity index (χ2v) is 3.16. The highest BCUT2D eigenvalue weighted by Crippen LogP contribution is 2.15. The van der Waals surface area contributed by atoms with Crippen LogP contribution in [0, 0.1) is 5.92 Å². The summed E-state index contributed by atoms with van der Waals surface area (Å²) in [6.07, 6.45) is 2.09. The first-order valence-corrected chi connectivity index (χ1v) is 4.10. The number of carbonyl (C=O) groups excluding carboxylic acids is 1. The molecule has 1 saturated heterocycles. The van der Waals surface area contributed by atoms with Gasteiger partial charge in [0.2, 0.25) is 5.91 Å². The fourth-order valence-electron chi connectivity index (χ4n) is 1.50. The van der Waals surface area contributed by atoms with Crippen molar-refractivity contribution in [1.82, 2.24) is 4.90 Å². The van der Waals surface area contributed by atoms with Crippen LogP contribution in [-0.4, -0.2) is 35.6 Å². The molecule has 0 aliphatic carbocycles. The van der Waals surface area contributed by atoms with Crippen LogP contribution in [0.15, 0.2) is 0 Å². The number of likely N-dealkylation sites (tertiary alicyclic amines) is 1. The zero-order valence-electron chi connectivity index (χ0n) is 6.92. The average molecular weight is 157 g/mol. The van der Waals surface area contributed by atoms with Crippen molar-refractivity contribution in [2.24, 2.45) is 5.92 Å². The maximum Gasteiger partial charge on any atom is 0.219 e. The molecule has 0 aromatic heterocycles. The van der Waals surface area contributed by atoms with Crippen LogP contribution < -0.4 is 0 Å². The van der Waals surface area contributed by atoms with Gasteiger partial charge in [-0.25, -0.2) is 0 Å². The minimum atomic E-state index is 0.128. The van der Waals surface area contributed by atoms with E-state index in [0.717, 1.165) is 25.9 Å². The van der Waals surface area contributed by atoms with E-state index in [9.17, 15) is 4.79 Å². The Morgan fingerprint density at radius 2 is 2.45 bits per heavy atom. The molecular formula is C8H15NO2. The molecule has 0 spiro atoms. The molecule has 0 radical (unpaired) electrons. The molecule has 1 amide bonds. The van der Waals surface area contributed by atoms with Crippen molar-refractivity contribution in [2.75, 3.05) is 19.7 Å². The molecule has 64 valence electrons. The Kier molecular flexibility index (Phi) is 2.88. The van der Waals surface area contributed by atoms with Crippen LogP contribution in [0.3, 0.4) is 0 Å². The number of aliphatic hydroxyl groups excluding tert-OH is 1. The van der Waals surface area contributed by atoms with E-state index in [-0.39, 0.29) is 12.5 Å². The Morgan fingerprint density at radius 1 is 1.73 bits per heavy atom. The van der Waals surface area contributed by atoms with Crippen LogP contribution in [0.25, 0.3) is 0 Å². The maximum absolute atomic E-state index is 10.9. The molecule has 0 aromatic carbocycles. The van der Waals surface area contributed by atoms with E-state index in [2.05, 4.69) is 0 Å². The molecule has 0 unspecified atom stereocenters. The first-order valence-electron chi connectivity index (χ1n) is 4.10. The molecule has 0 aromatic rings. The third-order valence-electron chi connectivity index (χ3n) is 2.22. The minimum Gasteiger partial charge on any atom is -0.396 e. The van der Waals surface area contributed by atoms with E-state index in [4.69, 9.17) is 5.11 Å². The van der Waals surface area contributed by atoms with Crippen LogP contribution in [0.2, 0.25) is 0 Å². The SMILES string of the molecule is CC(=O)N1CCC[C@@H](CO)C1. The number of aliphatic hydroxyl groups is 1. The standard InChI is InChI=1S/C8H15NO2/c1-7(11)9-4-2-3-8(5-9)6-10/h8,10H,2-6H2,1H3/t8-/m1/s1. The third-order valence-corrected chi connectivity index (χ3v) is 2.22. The molecule has 3 nitrogen and oxygen atoms in total. The van der Waals surface area contributed by atoms with Gasteiger partial charge in [0.05, 0.1) is 0 Å². The van der Waals surface area contributed by atoms with Crippen LogP contribution in [-0.2, 0) is 4.79 Å². The van der Waals surface area contributed by atoms with Gasteiger partial charge in [-0.3, -0.25) is 4.79 Å². The smallest absolute Gasteiger partial charge is 0.219 e. The molecule has 1 rings (SSSR count). The van der Waals surface area contributed by atoms with E-state index in [1.807, 2.05) is 4.90 Å². The quantitative estimate of drug-likeness (QED) is 0.592. The van der Waals surface area contributed by atoms with E-state index in [1.165, 1.54) is 0 Å². The topological polar surface area (TPSA) is 40.5 Å². The lowest BCUT2D eigenvalue weighted by molar-refractivity contribution is -0.130. The lowest BCUT2D eigenvalue weighted by Gasteiger charge is -2.30. The summed E-state index contributed by atoms with van der Waals surface area (Å²) in [7, 11) is 0. The van der Waals surface area contributed by atoms with Gasteiger partial charge in [0.25, 0.3) is 0 Å². The Bertz CT molecular complexity index is 147. The van der Waals surface area contributed by atoms with Gasteiger partial charge in [-0.05, 0) is 18.8 Å². The molecule has 3 heteroatoms. The lowest BCUT2D eigenvalue weighted by atomic mass is 9.99. The summed E-state index contributed by atoms with van der Waals surface area (Å²) in [6.45, 7) is 3.40. The van der Waals surface area contributed by atoms with Crippen molar-refractivity contribution >= 4 is 5.91 Å². The number of nitrogens with zero attached hydrogens (tertiary/aromatic N) is 1. The van der Waals surface area contributed by atoms with Gasteiger partial charge in [0.15, 0.2) is 0 Å². The fourth-order valence-corrected chi connectivity index (χ4v) is 1.50. The molecule has 1 aliphatic rings. The molecule has 1 atom stereocenters. The van der Waals surface area contributed by atoms with Crippen molar-refractivity contribution in [3.05, 3.63) is 0 Å². The Hall–Kier alpha value is -0.570. The summed E-state index contributed by atoms with van der Waals surface area (Å²) in [6, 6.07) is 0. The van der Waals surface area contributed by atoms with Gasteiger partial charge in [-0.2, -0.15) is 0 Å². The van der Waals surface area contributed by atoms with Gasteiger partial charge in [-0.15, -0.1) is 0 Å². The Morgan fingerprint density at radius 3 is 3.00 bits per heavy atom. The first kappa shape index (κ1) is 8.53. The van der Waals surface area contributed by atoms with Crippen molar-refractivity contribution in [2.45, 2.75) is 19.8 Å². The number of rotatable bonds is 1. The summed E-state index contributed by atoms with van der Waals surface area (Å²) in [4.78, 5) is 12.7. The zero-order valence-corrected chi connectivity index (χ0v) is 6.92. The molecule has 1 N–H and O–H groups in total. The predicted octanol–water partition coefficient (Wildman–Crippen LogP) is 0.237. The molecule has 1 aliphatic heterocycles. The highest BCUT2D eigenvalue weighted by atomic mass is 16.3. The molecule has 0 bridgehead atoms. The third kappa shape index (κ3) is 2.19. The summed E-state index contributed by atoms with van der Waals surface area (Å²) in [5.41, 5.74) is 0. The summed E-state index contributed by atoms with van der Waals surface area (Å²) in [5.74, 6) is 0.441. The predicted molar refractivity (Wildman–Crippen MR) is 42.1 cm³/mol. The number of piperidine rings is 1. The van der Waals surface area contributed by atoms with Crippen molar-refractivity contribution < 1.29 is 9.90 Å². The van der Waals surface area contributed by atoms with Crippen LogP contribution in [0.1, 0.15) is 19.8 Å². The van der Waals surface area contributed by atoms with Crippen molar-refractivity contribution in [3.63, 3.8) is 0 Å². The van der Waals surface area contributed by atoms with E-state index >= 15 is 0 Å². The molecule has 1 heterocycles. The van der Waals surface area contributed by atoms with Gasteiger partial charge in [0, 0.05) is 26.6 Å². The fraction of sp³-hybridized carbons (Fsp3) is 0.875. The Labute approximate surface area is 67.0 Å². The van der Waals surface area contributed by atoms with Crippen LogP contribution in [0.4, 0.5) is 0 Å². The molecule has 11 heavy (non-hydrogen) atoms. The van der Waals surface area contributed by atoms with E-state index in [0.29, 0.717) is 5.92 Å². The van der Waals surface area contributed by atoms with Crippen molar-refractivity contribution in [1.29, 1.82) is 0 Å². The van der Waals surface area contributed by atoms with Crippen LogP contribution in [0.5, 0.6) is 0 Å². The number of hydrogen-bond acceptors (Lipinski definition) is 2. The first-order chi connectivity index (χ1) is 5.24. The number of amides is 1. The average Bonchev–Trinajstić information content (AvgIpc) is 2.05. The maximum atomic E-state index is 10.9. The second kappa shape index (κ2) is 3.72. The summed E-state index contributed by atoms with van der Waals surface area (Å²) < 4.78 is 0. The van der Waals surface area contributed by atoms with Crippen molar-refractivity contribution in [3.8, 4) is 0 Å². The van der Waals surface area contributed by atoms with Gasteiger partial charge in [0.1, 0.15) is 0 Å².